The molecule has 2 aromatic heterocycles. The molecule has 24 heavy (non-hydrogen) atoms. The maximum atomic E-state index is 12.8. The number of thiophene rings is 1. The molecule has 0 amide bonds. The molecule has 7 heteroatoms. The molecule has 4 nitrogen and oxygen atoms in total. The van der Waals surface area contributed by atoms with Crippen LogP contribution in [-0.4, -0.2) is 42.9 Å². The molecule has 1 fully saturated rings. The second-order valence-corrected chi connectivity index (χ2v) is 8.81. The van der Waals surface area contributed by atoms with Gasteiger partial charge in [0.15, 0.2) is 10.9 Å². The Balaban J connectivity index is 1.68. The lowest BCUT2D eigenvalue weighted by atomic mass is 9.92. The molecule has 1 saturated heterocycles. The van der Waals surface area contributed by atoms with Crippen LogP contribution in [0.15, 0.2) is 11.4 Å². The number of Topliss-reactive ketones (excluding diaryl/α,β-unsaturated/α-hetero) is 1. The summed E-state index contributed by atoms with van der Waals surface area (Å²) >= 11 is 9.48. The predicted octanol–water partition coefficient (Wildman–Crippen LogP) is 4.33. The second kappa shape index (κ2) is 7.52. The van der Waals surface area contributed by atoms with Crippen molar-refractivity contribution >= 4 is 45.2 Å². The van der Waals surface area contributed by atoms with Gasteiger partial charge < -0.3 is 4.90 Å². The molecule has 3 rings (SSSR count). The maximum Gasteiger partial charge on any atom is 0.186 e. The van der Waals surface area contributed by atoms with Gasteiger partial charge in [-0.05, 0) is 43.3 Å². The number of rotatable bonds is 5. The summed E-state index contributed by atoms with van der Waals surface area (Å²) in [5, 5.41) is 3.52. The van der Waals surface area contributed by atoms with E-state index < -0.39 is 0 Å². The minimum atomic E-state index is 0.0936. The number of aromatic nitrogens is 1. The first-order chi connectivity index (χ1) is 11.5. The minimum absolute atomic E-state index is 0.0936. The molecule has 0 N–H and O–H groups in total. The Morgan fingerprint density at radius 3 is 2.92 bits per heavy atom. The van der Waals surface area contributed by atoms with Crippen LogP contribution in [-0.2, 0) is 6.54 Å². The highest BCUT2D eigenvalue weighted by molar-refractivity contribution is 7.16. The van der Waals surface area contributed by atoms with Gasteiger partial charge >= 0.3 is 0 Å². The first kappa shape index (κ1) is 17.9. The summed E-state index contributed by atoms with van der Waals surface area (Å²) in [5.74, 6) is 0.396. The first-order valence-electron chi connectivity index (χ1n) is 8.09. The summed E-state index contributed by atoms with van der Waals surface area (Å²) in [6.45, 7) is 4.61. The smallest absolute Gasteiger partial charge is 0.186 e. The third-order valence-corrected chi connectivity index (χ3v) is 7.01. The molecule has 0 radical (unpaired) electrons. The van der Waals surface area contributed by atoms with Crippen molar-refractivity contribution in [2.45, 2.75) is 26.3 Å². The average molecular weight is 384 g/mol. The van der Waals surface area contributed by atoms with Crippen molar-refractivity contribution in [1.82, 2.24) is 9.88 Å². The number of halogens is 1. The number of carbonyl (C=O) groups is 1. The van der Waals surface area contributed by atoms with Crippen molar-refractivity contribution in [2.24, 2.45) is 5.92 Å². The highest BCUT2D eigenvalue weighted by atomic mass is 35.5. The molecular formula is C17H22ClN3OS2. The normalized spacial score (nSPS) is 18.8. The number of nitrogens with zero attached hydrogens (tertiary/aromatic N) is 3. The number of carbonyl (C=O) groups excluding carboxylic acids is 1. The lowest BCUT2D eigenvalue weighted by Crippen LogP contribution is -2.38. The average Bonchev–Trinajstić information content (AvgIpc) is 3.13. The van der Waals surface area contributed by atoms with E-state index in [1.54, 1.807) is 22.7 Å². The molecule has 0 aliphatic carbocycles. The number of ketones is 1. The number of hydrogen-bond acceptors (Lipinski definition) is 6. The van der Waals surface area contributed by atoms with Crippen LogP contribution in [0, 0.1) is 12.8 Å². The van der Waals surface area contributed by atoms with Gasteiger partial charge in [0.25, 0.3) is 0 Å². The maximum absolute atomic E-state index is 12.8. The summed E-state index contributed by atoms with van der Waals surface area (Å²) < 4.78 is 0. The van der Waals surface area contributed by atoms with E-state index in [0.29, 0.717) is 10.9 Å². The summed E-state index contributed by atoms with van der Waals surface area (Å²) in [7, 11) is 3.94. The number of piperidine rings is 1. The van der Waals surface area contributed by atoms with Crippen molar-refractivity contribution in [1.29, 1.82) is 0 Å². The summed E-state index contributed by atoms with van der Waals surface area (Å²) in [5.41, 5.74) is 1.10. The highest BCUT2D eigenvalue weighted by Crippen LogP contribution is 2.32. The van der Waals surface area contributed by atoms with E-state index in [2.05, 4.69) is 9.88 Å². The fourth-order valence-electron chi connectivity index (χ4n) is 3.04. The summed E-state index contributed by atoms with van der Waals surface area (Å²) in [4.78, 5) is 23.5. The molecule has 0 saturated carbocycles. The number of anilines is 1. The predicted molar refractivity (Wildman–Crippen MR) is 103 cm³/mol. The molecule has 130 valence electrons. The van der Waals surface area contributed by atoms with Crippen LogP contribution in [0.1, 0.15) is 33.0 Å². The van der Waals surface area contributed by atoms with Crippen LogP contribution in [0.5, 0.6) is 0 Å². The van der Waals surface area contributed by atoms with Gasteiger partial charge in [-0.15, -0.1) is 11.3 Å². The zero-order valence-electron chi connectivity index (χ0n) is 14.2. The molecule has 1 aliphatic heterocycles. The third-order valence-electron chi connectivity index (χ3n) is 4.35. The largest absolute Gasteiger partial charge is 0.354 e. The monoisotopic (exact) mass is 383 g/mol. The molecule has 2 aromatic rings. The molecular weight excluding hydrogens is 362 g/mol. The van der Waals surface area contributed by atoms with Gasteiger partial charge in [-0.2, -0.15) is 0 Å². The quantitative estimate of drug-likeness (QED) is 0.720. The lowest BCUT2D eigenvalue weighted by molar-refractivity contribution is 0.0816. The van der Waals surface area contributed by atoms with Gasteiger partial charge in [0.05, 0.1) is 9.75 Å². The van der Waals surface area contributed by atoms with E-state index in [9.17, 15) is 4.79 Å². The molecule has 0 unspecified atom stereocenters. The second-order valence-electron chi connectivity index (χ2n) is 6.48. The third kappa shape index (κ3) is 3.82. The van der Waals surface area contributed by atoms with Crippen LogP contribution in [0.2, 0.25) is 5.15 Å². The molecule has 3 heterocycles. The zero-order valence-corrected chi connectivity index (χ0v) is 16.6. The number of thiazole rings is 1. The van der Waals surface area contributed by atoms with Gasteiger partial charge in [0.1, 0.15) is 5.15 Å². The van der Waals surface area contributed by atoms with Gasteiger partial charge in [-0.1, -0.05) is 22.9 Å². The van der Waals surface area contributed by atoms with Crippen LogP contribution in [0.4, 0.5) is 5.13 Å². The van der Waals surface area contributed by atoms with Crippen molar-refractivity contribution in [3.05, 3.63) is 31.9 Å². The summed E-state index contributed by atoms with van der Waals surface area (Å²) in [6.07, 6.45) is 2.03. The molecule has 0 bridgehead atoms. The minimum Gasteiger partial charge on any atom is -0.354 e. The Hall–Kier alpha value is -0.950. The highest BCUT2D eigenvalue weighted by Gasteiger charge is 2.28. The Morgan fingerprint density at radius 2 is 2.29 bits per heavy atom. The van der Waals surface area contributed by atoms with E-state index in [1.807, 2.05) is 37.4 Å². The summed E-state index contributed by atoms with van der Waals surface area (Å²) in [6, 6.07) is 2.03. The van der Waals surface area contributed by atoms with E-state index >= 15 is 0 Å². The molecule has 1 aliphatic rings. The topological polar surface area (TPSA) is 36.4 Å². The van der Waals surface area contributed by atoms with Crippen molar-refractivity contribution in [2.75, 3.05) is 32.1 Å². The van der Waals surface area contributed by atoms with Gasteiger partial charge in [-0.25, -0.2) is 4.98 Å². The molecule has 0 spiro atoms. The van der Waals surface area contributed by atoms with Crippen LogP contribution in [0.25, 0.3) is 0 Å². The zero-order chi connectivity index (χ0) is 17.3. The van der Waals surface area contributed by atoms with Crippen LogP contribution >= 0.6 is 34.3 Å². The number of aryl methyl sites for hydroxylation is 1. The van der Waals surface area contributed by atoms with Crippen molar-refractivity contribution in [3.8, 4) is 0 Å². The number of hydrogen-bond donors (Lipinski definition) is 0. The van der Waals surface area contributed by atoms with E-state index in [1.165, 1.54) is 0 Å². The first-order valence-corrected chi connectivity index (χ1v) is 10.2. The van der Waals surface area contributed by atoms with Gasteiger partial charge in [0, 0.05) is 33.1 Å². The fraction of sp³-hybridized carbons (Fsp3) is 0.529. The molecule has 0 aromatic carbocycles. The van der Waals surface area contributed by atoms with Crippen LogP contribution < -0.4 is 4.90 Å². The SMILES string of the molecule is Cc1ccsc1C(=O)[C@@H]1CCCN(Cc2sc(N(C)C)nc2Cl)C1. The van der Waals surface area contributed by atoms with E-state index in [-0.39, 0.29) is 5.92 Å². The fourth-order valence-corrected chi connectivity index (χ4v) is 5.20. The lowest BCUT2D eigenvalue weighted by Gasteiger charge is -2.31. The van der Waals surface area contributed by atoms with E-state index in [0.717, 1.165) is 52.9 Å². The van der Waals surface area contributed by atoms with Crippen LogP contribution in [0.3, 0.4) is 0 Å². The van der Waals surface area contributed by atoms with Gasteiger partial charge in [0.2, 0.25) is 0 Å². The van der Waals surface area contributed by atoms with Crippen molar-refractivity contribution < 1.29 is 4.79 Å². The molecule has 1 atom stereocenters. The Bertz CT molecular complexity index is 725. The Labute approximate surface area is 156 Å². The van der Waals surface area contributed by atoms with Crippen molar-refractivity contribution in [3.63, 3.8) is 0 Å². The Morgan fingerprint density at radius 1 is 1.50 bits per heavy atom. The van der Waals surface area contributed by atoms with Gasteiger partial charge in [-0.3, -0.25) is 9.69 Å². The standard InChI is InChI=1S/C17H22ClN3OS2/c1-11-6-8-23-15(11)14(22)12-5-4-7-21(9-12)10-13-16(18)19-17(24-13)20(2)3/h6,8,12H,4-5,7,9-10H2,1-3H3/t12-/m1/s1. The Kier molecular flexibility index (Phi) is 5.59. The van der Waals surface area contributed by atoms with E-state index in [4.69, 9.17) is 11.6 Å². The number of likely N-dealkylation sites (tertiary alicyclic amines) is 1.